The van der Waals surface area contributed by atoms with Crippen molar-refractivity contribution in [2.45, 2.75) is 38.1 Å². The Bertz CT molecular complexity index is 838. The van der Waals surface area contributed by atoms with Crippen molar-refractivity contribution in [1.29, 1.82) is 0 Å². The smallest absolute Gasteiger partial charge is 0.191 e. The van der Waals surface area contributed by atoms with Crippen molar-refractivity contribution < 1.29 is 4.21 Å². The van der Waals surface area contributed by atoms with Crippen LogP contribution in [-0.4, -0.2) is 53.5 Å². The first-order valence-corrected chi connectivity index (χ1v) is 12.2. The average Bonchev–Trinajstić information content (AvgIpc) is 2.75. The van der Waals surface area contributed by atoms with Crippen molar-refractivity contribution in [1.82, 2.24) is 15.5 Å². The highest BCUT2D eigenvalue weighted by Crippen LogP contribution is 2.14. The molecule has 0 aromatic heterocycles. The number of piperidine rings is 1. The maximum atomic E-state index is 12.3. The average molecular weight is 555 g/mol. The minimum atomic E-state index is -0.874. The van der Waals surface area contributed by atoms with Gasteiger partial charge in [0.1, 0.15) is 0 Å². The Balaban J connectivity index is 0.00000341. The number of nitrogens with one attached hydrogen (secondary N) is 2. The van der Waals surface area contributed by atoms with E-state index < -0.39 is 10.8 Å². The molecule has 0 saturated carbocycles. The quantitative estimate of drug-likeness (QED) is 0.297. The van der Waals surface area contributed by atoms with Gasteiger partial charge in [-0.15, -0.1) is 24.0 Å². The molecule has 1 atom stereocenters. The number of aryl methyl sites for hydroxylation is 1. The summed E-state index contributed by atoms with van der Waals surface area (Å²) in [6.07, 6.45) is 2.21. The van der Waals surface area contributed by atoms with Crippen LogP contribution in [0.2, 0.25) is 0 Å². The Labute approximate surface area is 206 Å². The molecule has 1 aliphatic rings. The number of guanidine groups is 1. The van der Waals surface area contributed by atoms with Crippen LogP contribution in [0.5, 0.6) is 0 Å². The van der Waals surface area contributed by atoms with Crippen molar-refractivity contribution in [2.24, 2.45) is 4.99 Å². The van der Waals surface area contributed by atoms with Crippen LogP contribution in [0.3, 0.4) is 0 Å². The van der Waals surface area contributed by atoms with Gasteiger partial charge in [0.05, 0.1) is 0 Å². The predicted octanol–water partition coefficient (Wildman–Crippen LogP) is 3.69. The largest absolute Gasteiger partial charge is 0.355 e. The van der Waals surface area contributed by atoms with Gasteiger partial charge in [0.2, 0.25) is 0 Å². The van der Waals surface area contributed by atoms with E-state index in [1.54, 1.807) is 7.05 Å². The topological polar surface area (TPSA) is 56.7 Å². The van der Waals surface area contributed by atoms with Gasteiger partial charge >= 0.3 is 0 Å². The van der Waals surface area contributed by atoms with Gasteiger partial charge < -0.3 is 10.6 Å². The fraction of sp³-hybridized carbons (Fsp3) is 0.458. The molecule has 2 N–H and O–H groups in total. The number of nitrogens with zero attached hydrogens (tertiary/aromatic N) is 2. The van der Waals surface area contributed by atoms with Crippen molar-refractivity contribution in [2.75, 3.05) is 32.4 Å². The van der Waals surface area contributed by atoms with Crippen molar-refractivity contribution >= 4 is 40.7 Å². The monoisotopic (exact) mass is 554 g/mol. The molecule has 3 rings (SSSR count). The summed E-state index contributed by atoms with van der Waals surface area (Å²) < 4.78 is 12.3. The van der Waals surface area contributed by atoms with Crippen LogP contribution in [0, 0.1) is 6.92 Å². The summed E-state index contributed by atoms with van der Waals surface area (Å²) in [5.41, 5.74) is 3.83. The number of benzene rings is 2. The molecule has 31 heavy (non-hydrogen) atoms. The molecule has 1 fully saturated rings. The second-order valence-electron chi connectivity index (χ2n) is 7.96. The molecule has 0 radical (unpaired) electrons. The van der Waals surface area contributed by atoms with E-state index in [2.05, 4.69) is 51.7 Å². The van der Waals surface area contributed by atoms with Crippen LogP contribution in [0.25, 0.3) is 0 Å². The highest BCUT2D eigenvalue weighted by molar-refractivity contribution is 14.0. The highest BCUT2D eigenvalue weighted by atomic mass is 127. The summed E-state index contributed by atoms with van der Waals surface area (Å²) >= 11 is 0. The zero-order chi connectivity index (χ0) is 21.2. The summed E-state index contributed by atoms with van der Waals surface area (Å²) in [7, 11) is 0.921. The maximum absolute atomic E-state index is 12.3. The molecule has 2 aromatic carbocycles. The molecular weight excluding hydrogens is 519 g/mol. The molecule has 1 aliphatic heterocycles. The second-order valence-corrected chi connectivity index (χ2v) is 9.53. The number of aliphatic imine (C=N–C) groups is 1. The van der Waals surface area contributed by atoms with Gasteiger partial charge in [-0.1, -0.05) is 60.2 Å². The third kappa shape index (κ3) is 9.29. The Kier molecular flexibility index (Phi) is 11.5. The normalized spacial score (nSPS) is 16.4. The first-order chi connectivity index (χ1) is 14.6. The molecule has 5 nitrogen and oxygen atoms in total. The molecule has 1 unspecified atom stereocenters. The van der Waals surface area contributed by atoms with Crippen LogP contribution < -0.4 is 10.6 Å². The Morgan fingerprint density at radius 3 is 2.48 bits per heavy atom. The summed E-state index contributed by atoms with van der Waals surface area (Å²) in [5.74, 6) is 2.03. The van der Waals surface area contributed by atoms with E-state index in [0.29, 0.717) is 24.1 Å². The lowest BCUT2D eigenvalue weighted by Crippen LogP contribution is -2.49. The lowest BCUT2D eigenvalue weighted by Gasteiger charge is -2.33. The van der Waals surface area contributed by atoms with Crippen LogP contribution >= 0.6 is 24.0 Å². The van der Waals surface area contributed by atoms with Crippen LogP contribution in [-0.2, 0) is 23.1 Å². The zero-order valence-electron chi connectivity index (χ0n) is 18.5. The highest BCUT2D eigenvalue weighted by Gasteiger charge is 2.20. The van der Waals surface area contributed by atoms with Crippen molar-refractivity contribution in [3.05, 3.63) is 71.3 Å². The second kappa shape index (κ2) is 13.9. The molecule has 0 amide bonds. The Morgan fingerprint density at radius 2 is 1.81 bits per heavy atom. The van der Waals surface area contributed by atoms with Gasteiger partial charge in [-0.05, 0) is 30.9 Å². The zero-order valence-corrected chi connectivity index (χ0v) is 21.7. The van der Waals surface area contributed by atoms with E-state index in [4.69, 9.17) is 0 Å². The van der Waals surface area contributed by atoms with Gasteiger partial charge in [-0.25, -0.2) is 0 Å². The van der Waals surface area contributed by atoms with Crippen molar-refractivity contribution in [3.8, 4) is 0 Å². The first-order valence-electron chi connectivity index (χ1n) is 10.8. The summed E-state index contributed by atoms with van der Waals surface area (Å²) in [6.45, 7) is 6.00. The minimum absolute atomic E-state index is 0. The number of hydrogen-bond acceptors (Lipinski definition) is 3. The Hall–Kier alpha value is -1.45. The number of halogens is 1. The van der Waals surface area contributed by atoms with Gasteiger partial charge in [0.25, 0.3) is 0 Å². The number of rotatable bonds is 8. The number of hydrogen-bond donors (Lipinski definition) is 2. The molecule has 1 saturated heterocycles. The predicted molar refractivity (Wildman–Crippen MR) is 143 cm³/mol. The molecule has 1 heterocycles. The van der Waals surface area contributed by atoms with Crippen LogP contribution in [0.1, 0.15) is 29.5 Å². The van der Waals surface area contributed by atoms with Gasteiger partial charge in [0, 0.05) is 61.6 Å². The molecule has 0 aliphatic carbocycles. The Morgan fingerprint density at radius 1 is 1.10 bits per heavy atom. The molecule has 170 valence electrons. The molecule has 2 aromatic rings. The molecule has 7 heteroatoms. The third-order valence-electron chi connectivity index (χ3n) is 5.43. The molecule has 0 bridgehead atoms. The van der Waals surface area contributed by atoms with E-state index >= 15 is 0 Å². The van der Waals surface area contributed by atoms with E-state index in [1.807, 2.05) is 30.3 Å². The number of likely N-dealkylation sites (tertiary alicyclic amines) is 1. The summed E-state index contributed by atoms with van der Waals surface area (Å²) in [6, 6.07) is 19.2. The van der Waals surface area contributed by atoms with Gasteiger partial charge in [-0.3, -0.25) is 14.1 Å². The van der Waals surface area contributed by atoms with Gasteiger partial charge in [-0.2, -0.15) is 0 Å². The minimum Gasteiger partial charge on any atom is -0.355 e. The third-order valence-corrected chi connectivity index (χ3v) is 6.75. The summed E-state index contributed by atoms with van der Waals surface area (Å²) in [4.78, 5) is 6.87. The van der Waals surface area contributed by atoms with E-state index in [0.717, 1.165) is 44.0 Å². The molecular formula is C24H35IN4OS. The van der Waals surface area contributed by atoms with E-state index in [9.17, 15) is 4.21 Å². The van der Waals surface area contributed by atoms with Crippen LogP contribution in [0.4, 0.5) is 0 Å². The fourth-order valence-electron chi connectivity index (χ4n) is 3.81. The lowest BCUT2D eigenvalue weighted by molar-refractivity contribution is 0.198. The van der Waals surface area contributed by atoms with E-state index in [-0.39, 0.29) is 24.0 Å². The maximum Gasteiger partial charge on any atom is 0.191 e. The fourth-order valence-corrected chi connectivity index (χ4v) is 4.85. The first kappa shape index (κ1) is 25.8. The van der Waals surface area contributed by atoms with Gasteiger partial charge in [0.15, 0.2) is 5.96 Å². The molecule has 0 spiro atoms. The van der Waals surface area contributed by atoms with E-state index in [1.165, 1.54) is 11.1 Å². The standard InChI is InChI=1S/C24H34N4OS.HI/c1-20-7-6-10-22(17-20)18-28-14-11-23(12-15-28)27-24(25-2)26-13-16-30(29)19-21-8-4-3-5-9-21;/h3-10,17,23H,11-16,18-19H2,1-2H3,(H2,25,26,27);1H. The lowest BCUT2D eigenvalue weighted by atomic mass is 10.0. The SMILES string of the molecule is CN=C(NCCS(=O)Cc1ccccc1)NC1CCN(Cc2cccc(C)c2)CC1.I. The van der Waals surface area contributed by atoms with Crippen LogP contribution in [0.15, 0.2) is 59.6 Å². The summed E-state index contributed by atoms with van der Waals surface area (Å²) in [5, 5.41) is 6.86. The van der Waals surface area contributed by atoms with Crippen molar-refractivity contribution in [3.63, 3.8) is 0 Å².